The first kappa shape index (κ1) is 13.5. The second-order valence-electron chi connectivity index (χ2n) is 5.35. The number of nitrogens with zero attached hydrogens (tertiary/aromatic N) is 2. The summed E-state index contributed by atoms with van der Waals surface area (Å²) in [6.07, 6.45) is 0. The fraction of sp³-hybridized carbons (Fsp3) is 0.158. The molecule has 3 rings (SSSR count). The molecule has 2 nitrogen and oxygen atoms in total. The lowest BCUT2D eigenvalue weighted by molar-refractivity contribution is 0.946. The monoisotopic (exact) mass is 274 g/mol. The second kappa shape index (κ2) is 5.49. The maximum Gasteiger partial charge on any atom is 0.0684 e. The Morgan fingerprint density at radius 2 is 1.05 bits per heavy atom. The summed E-state index contributed by atoms with van der Waals surface area (Å²) < 4.78 is 0. The van der Waals surface area contributed by atoms with E-state index in [-0.39, 0.29) is 0 Å². The number of hydrogen-bond acceptors (Lipinski definition) is 2. The molecule has 21 heavy (non-hydrogen) atoms. The molecule has 0 aliphatic rings. The highest BCUT2D eigenvalue weighted by molar-refractivity contribution is 5.85. The molecule has 0 spiro atoms. The number of hydrogen-bond donors (Lipinski definition) is 0. The summed E-state index contributed by atoms with van der Waals surface area (Å²) in [6.45, 7) is 6.14. The summed E-state index contributed by atoms with van der Waals surface area (Å²) in [5.41, 5.74) is 7.90. The third kappa shape index (κ3) is 2.57. The molecule has 2 heteroatoms. The average molecular weight is 274 g/mol. The van der Waals surface area contributed by atoms with Gasteiger partial charge in [0, 0.05) is 11.1 Å². The van der Waals surface area contributed by atoms with E-state index in [0.29, 0.717) is 0 Å². The van der Waals surface area contributed by atoms with Crippen molar-refractivity contribution in [2.45, 2.75) is 20.8 Å². The normalized spacial score (nSPS) is 10.6. The van der Waals surface area contributed by atoms with Crippen molar-refractivity contribution in [3.05, 3.63) is 71.5 Å². The Hall–Kier alpha value is -2.48. The largest absolute Gasteiger partial charge is 0.155 e. The van der Waals surface area contributed by atoms with Crippen molar-refractivity contribution in [3.8, 4) is 22.3 Å². The Morgan fingerprint density at radius 3 is 1.57 bits per heavy atom. The average Bonchev–Trinajstić information content (AvgIpc) is 2.51. The van der Waals surface area contributed by atoms with Crippen molar-refractivity contribution in [2.75, 3.05) is 0 Å². The van der Waals surface area contributed by atoms with Crippen LogP contribution in [0.5, 0.6) is 0 Å². The minimum Gasteiger partial charge on any atom is -0.155 e. The van der Waals surface area contributed by atoms with Gasteiger partial charge in [0.1, 0.15) is 0 Å². The van der Waals surface area contributed by atoms with Crippen LogP contribution in [0, 0.1) is 20.8 Å². The van der Waals surface area contributed by atoms with E-state index in [1.807, 2.05) is 19.9 Å². The molecule has 0 amide bonds. The summed E-state index contributed by atoms with van der Waals surface area (Å²) in [7, 11) is 0. The molecule has 0 unspecified atom stereocenters. The van der Waals surface area contributed by atoms with Gasteiger partial charge >= 0.3 is 0 Å². The number of benzene rings is 2. The predicted molar refractivity (Wildman–Crippen MR) is 87.1 cm³/mol. The lowest BCUT2D eigenvalue weighted by atomic mass is 9.92. The molecule has 0 saturated carbocycles. The van der Waals surface area contributed by atoms with Crippen LogP contribution in [0.15, 0.2) is 54.6 Å². The zero-order chi connectivity index (χ0) is 14.8. The zero-order valence-electron chi connectivity index (χ0n) is 12.6. The third-order valence-corrected chi connectivity index (χ3v) is 3.73. The van der Waals surface area contributed by atoms with Crippen molar-refractivity contribution in [1.82, 2.24) is 10.2 Å². The molecule has 0 bridgehead atoms. The fourth-order valence-electron chi connectivity index (χ4n) is 2.64. The van der Waals surface area contributed by atoms with E-state index in [2.05, 4.69) is 65.7 Å². The third-order valence-electron chi connectivity index (χ3n) is 3.73. The van der Waals surface area contributed by atoms with Gasteiger partial charge in [0.2, 0.25) is 0 Å². The first-order valence-corrected chi connectivity index (χ1v) is 7.13. The van der Waals surface area contributed by atoms with Gasteiger partial charge in [-0.3, -0.25) is 0 Å². The van der Waals surface area contributed by atoms with Gasteiger partial charge in [-0.2, -0.15) is 10.2 Å². The highest BCUT2D eigenvalue weighted by Crippen LogP contribution is 2.35. The molecule has 0 radical (unpaired) electrons. The van der Waals surface area contributed by atoms with E-state index < -0.39 is 0 Å². The smallest absolute Gasteiger partial charge is 0.0684 e. The molecule has 2 aromatic carbocycles. The molecular formula is C19H18N2. The summed E-state index contributed by atoms with van der Waals surface area (Å²) in [5, 5.41) is 8.62. The maximum absolute atomic E-state index is 4.31. The first-order chi connectivity index (χ1) is 10.2. The highest BCUT2D eigenvalue weighted by Gasteiger charge is 2.15. The Morgan fingerprint density at radius 1 is 0.571 bits per heavy atom. The topological polar surface area (TPSA) is 25.8 Å². The minimum atomic E-state index is 0.961. The van der Waals surface area contributed by atoms with Gasteiger partial charge in [0.25, 0.3) is 0 Å². The molecule has 0 fully saturated rings. The van der Waals surface area contributed by atoms with E-state index in [1.165, 1.54) is 27.8 Å². The first-order valence-electron chi connectivity index (χ1n) is 7.13. The van der Waals surface area contributed by atoms with E-state index in [1.54, 1.807) is 0 Å². The lowest BCUT2D eigenvalue weighted by Crippen LogP contribution is -1.99. The summed E-state index contributed by atoms with van der Waals surface area (Å²) in [4.78, 5) is 0. The van der Waals surface area contributed by atoms with Crippen LogP contribution in [0.2, 0.25) is 0 Å². The van der Waals surface area contributed by atoms with Gasteiger partial charge in [-0.1, -0.05) is 60.2 Å². The van der Waals surface area contributed by atoms with E-state index >= 15 is 0 Å². The summed E-state index contributed by atoms with van der Waals surface area (Å²) in [5.74, 6) is 0. The molecule has 0 saturated heterocycles. The molecule has 1 heterocycles. The van der Waals surface area contributed by atoms with Crippen molar-refractivity contribution in [3.63, 3.8) is 0 Å². The standard InChI is InChI=1S/C19H18N2/c1-13-9-11-17(12-10-13)19-15(3)21-20-14(2)18(19)16-7-5-4-6-8-16/h4-12H,1-3H3. The van der Waals surface area contributed by atoms with Crippen LogP contribution in [0.25, 0.3) is 22.3 Å². The minimum absolute atomic E-state index is 0.961. The number of rotatable bonds is 2. The Labute approximate surface area is 125 Å². The summed E-state index contributed by atoms with van der Waals surface area (Å²) >= 11 is 0. The zero-order valence-corrected chi connectivity index (χ0v) is 12.6. The maximum atomic E-state index is 4.31. The van der Waals surface area contributed by atoms with Gasteiger partial charge in [0.15, 0.2) is 0 Å². The van der Waals surface area contributed by atoms with Crippen LogP contribution in [0.3, 0.4) is 0 Å². The van der Waals surface area contributed by atoms with Gasteiger partial charge in [0.05, 0.1) is 11.4 Å². The Kier molecular flexibility index (Phi) is 3.53. The van der Waals surface area contributed by atoms with Crippen molar-refractivity contribution < 1.29 is 0 Å². The molecule has 104 valence electrons. The second-order valence-corrected chi connectivity index (χ2v) is 5.35. The van der Waals surface area contributed by atoms with Crippen LogP contribution in [0.4, 0.5) is 0 Å². The quantitative estimate of drug-likeness (QED) is 0.674. The van der Waals surface area contributed by atoms with Crippen LogP contribution < -0.4 is 0 Å². The van der Waals surface area contributed by atoms with Crippen molar-refractivity contribution in [1.29, 1.82) is 0 Å². The molecule has 0 N–H and O–H groups in total. The molecule has 0 atom stereocenters. The van der Waals surface area contributed by atoms with Gasteiger partial charge in [-0.15, -0.1) is 0 Å². The predicted octanol–water partition coefficient (Wildman–Crippen LogP) is 4.74. The summed E-state index contributed by atoms with van der Waals surface area (Å²) in [6, 6.07) is 19.0. The van der Waals surface area contributed by atoms with Crippen LogP contribution in [-0.4, -0.2) is 10.2 Å². The van der Waals surface area contributed by atoms with Crippen molar-refractivity contribution in [2.24, 2.45) is 0 Å². The molecule has 0 aliphatic heterocycles. The number of aryl methyl sites for hydroxylation is 3. The van der Waals surface area contributed by atoms with Crippen molar-refractivity contribution >= 4 is 0 Å². The molecule has 3 aromatic rings. The van der Waals surface area contributed by atoms with Crippen LogP contribution in [-0.2, 0) is 0 Å². The molecule has 0 aliphatic carbocycles. The van der Waals surface area contributed by atoms with E-state index in [9.17, 15) is 0 Å². The molecular weight excluding hydrogens is 256 g/mol. The van der Waals surface area contributed by atoms with E-state index in [0.717, 1.165) is 11.4 Å². The van der Waals surface area contributed by atoms with Gasteiger partial charge < -0.3 is 0 Å². The SMILES string of the molecule is Cc1ccc(-c2c(C)nnc(C)c2-c2ccccc2)cc1. The lowest BCUT2D eigenvalue weighted by Gasteiger charge is -2.14. The van der Waals surface area contributed by atoms with Crippen LogP contribution >= 0.6 is 0 Å². The molecule has 1 aromatic heterocycles. The Balaban J connectivity index is 2.29. The van der Waals surface area contributed by atoms with Crippen LogP contribution in [0.1, 0.15) is 17.0 Å². The Bertz CT molecular complexity index is 760. The van der Waals surface area contributed by atoms with Gasteiger partial charge in [-0.05, 0) is 31.9 Å². The van der Waals surface area contributed by atoms with Gasteiger partial charge in [-0.25, -0.2) is 0 Å². The van der Waals surface area contributed by atoms with E-state index in [4.69, 9.17) is 0 Å². The number of aromatic nitrogens is 2. The highest BCUT2D eigenvalue weighted by atomic mass is 15.1. The fourth-order valence-corrected chi connectivity index (χ4v) is 2.64.